The molecule has 0 aliphatic carbocycles. The van der Waals surface area contributed by atoms with Gasteiger partial charge in [0.15, 0.2) is 11.5 Å². The van der Waals surface area contributed by atoms with E-state index in [2.05, 4.69) is 18.0 Å². The predicted molar refractivity (Wildman–Crippen MR) is 68.5 cm³/mol. The van der Waals surface area contributed by atoms with Crippen LogP contribution in [0.1, 0.15) is 19.0 Å². The van der Waals surface area contributed by atoms with Crippen LogP contribution in [0.4, 0.5) is 0 Å². The van der Waals surface area contributed by atoms with Crippen molar-refractivity contribution in [2.45, 2.75) is 19.9 Å². The first kappa shape index (κ1) is 14.3. The quantitative estimate of drug-likeness (QED) is 0.690. The molecular formula is C13H19N3O2. The first-order valence-electron chi connectivity index (χ1n) is 5.92. The third-order valence-electron chi connectivity index (χ3n) is 2.57. The summed E-state index contributed by atoms with van der Waals surface area (Å²) in [6.45, 7) is 3.91. The fourth-order valence-electron chi connectivity index (χ4n) is 1.81. The van der Waals surface area contributed by atoms with Gasteiger partial charge in [0.1, 0.15) is 5.69 Å². The van der Waals surface area contributed by atoms with E-state index >= 15 is 0 Å². The highest BCUT2D eigenvalue weighted by Gasteiger charge is 2.14. The molecule has 0 saturated heterocycles. The second-order valence-electron chi connectivity index (χ2n) is 3.86. The van der Waals surface area contributed by atoms with Gasteiger partial charge in [-0.05, 0) is 13.0 Å². The Morgan fingerprint density at radius 3 is 2.72 bits per heavy atom. The van der Waals surface area contributed by atoms with Crippen LogP contribution in [0.2, 0.25) is 0 Å². The van der Waals surface area contributed by atoms with E-state index in [4.69, 9.17) is 14.7 Å². The molecule has 5 nitrogen and oxygen atoms in total. The van der Waals surface area contributed by atoms with E-state index in [1.165, 1.54) is 0 Å². The van der Waals surface area contributed by atoms with Crippen molar-refractivity contribution in [3.05, 3.63) is 18.0 Å². The smallest absolute Gasteiger partial charge is 0.183 e. The molecule has 0 aromatic carbocycles. The molecule has 0 radical (unpaired) electrons. The summed E-state index contributed by atoms with van der Waals surface area (Å²) in [5.41, 5.74) is 0.792. The Bertz CT molecular complexity index is 415. The van der Waals surface area contributed by atoms with Crippen LogP contribution in [0.3, 0.4) is 0 Å². The van der Waals surface area contributed by atoms with Crippen molar-refractivity contribution in [3.63, 3.8) is 0 Å². The second-order valence-corrected chi connectivity index (χ2v) is 3.86. The molecule has 0 unspecified atom stereocenters. The van der Waals surface area contributed by atoms with Crippen molar-refractivity contribution >= 4 is 0 Å². The molecule has 1 heterocycles. The summed E-state index contributed by atoms with van der Waals surface area (Å²) in [6.07, 6.45) is 2.68. The summed E-state index contributed by atoms with van der Waals surface area (Å²) < 4.78 is 10.6. The van der Waals surface area contributed by atoms with Crippen LogP contribution in [-0.4, -0.2) is 37.2 Å². The average molecular weight is 249 g/mol. The van der Waals surface area contributed by atoms with Gasteiger partial charge in [-0.25, -0.2) is 0 Å². The van der Waals surface area contributed by atoms with Gasteiger partial charge in [0, 0.05) is 18.8 Å². The number of nitrogens with zero attached hydrogens (tertiary/aromatic N) is 3. The first-order chi connectivity index (χ1) is 8.76. The van der Waals surface area contributed by atoms with Gasteiger partial charge in [-0.1, -0.05) is 6.92 Å². The average Bonchev–Trinajstić information content (AvgIpc) is 2.39. The van der Waals surface area contributed by atoms with Gasteiger partial charge in [0.2, 0.25) is 0 Å². The third-order valence-corrected chi connectivity index (χ3v) is 2.57. The Hall–Kier alpha value is -1.80. The van der Waals surface area contributed by atoms with E-state index in [9.17, 15) is 0 Å². The van der Waals surface area contributed by atoms with E-state index in [0.29, 0.717) is 24.6 Å². The summed E-state index contributed by atoms with van der Waals surface area (Å²) in [6, 6.07) is 3.93. The van der Waals surface area contributed by atoms with E-state index in [-0.39, 0.29) is 0 Å². The van der Waals surface area contributed by atoms with E-state index in [1.807, 2.05) is 4.90 Å². The molecule has 0 N–H and O–H groups in total. The van der Waals surface area contributed by atoms with Crippen LogP contribution < -0.4 is 9.47 Å². The third kappa shape index (κ3) is 3.60. The Kier molecular flexibility index (Phi) is 5.95. The Morgan fingerprint density at radius 2 is 2.17 bits per heavy atom. The standard InChI is InChI=1S/C13H19N3O2/c1-4-8-16(9-6-14)10-11-13(18-3)12(17-2)5-7-15-11/h5,7H,4,8-10H2,1-3H3. The number of hydrogen-bond donors (Lipinski definition) is 0. The molecule has 0 aliphatic heterocycles. The van der Waals surface area contributed by atoms with Gasteiger partial charge in [0.05, 0.1) is 26.8 Å². The lowest BCUT2D eigenvalue weighted by Gasteiger charge is -2.19. The van der Waals surface area contributed by atoms with Crippen LogP contribution in [0.15, 0.2) is 12.3 Å². The molecule has 0 aliphatic rings. The zero-order valence-corrected chi connectivity index (χ0v) is 11.1. The SMILES string of the molecule is CCCN(CC#N)Cc1nccc(OC)c1OC. The van der Waals surface area contributed by atoms with Gasteiger partial charge in [-0.2, -0.15) is 5.26 Å². The molecule has 98 valence electrons. The Morgan fingerprint density at radius 1 is 1.39 bits per heavy atom. The van der Waals surface area contributed by atoms with Crippen LogP contribution in [0, 0.1) is 11.3 Å². The Balaban J connectivity index is 2.91. The minimum Gasteiger partial charge on any atom is -0.493 e. The molecule has 1 aromatic rings. The summed E-state index contributed by atoms with van der Waals surface area (Å²) in [5.74, 6) is 1.30. The second kappa shape index (κ2) is 7.51. The van der Waals surface area contributed by atoms with Crippen molar-refractivity contribution in [2.75, 3.05) is 27.3 Å². The van der Waals surface area contributed by atoms with Gasteiger partial charge < -0.3 is 9.47 Å². The Labute approximate surface area is 108 Å². The zero-order valence-electron chi connectivity index (χ0n) is 11.1. The summed E-state index contributed by atoms with van der Waals surface area (Å²) in [5, 5.41) is 8.80. The van der Waals surface area contributed by atoms with Gasteiger partial charge in [0.25, 0.3) is 0 Å². The van der Waals surface area contributed by atoms with Crippen molar-refractivity contribution < 1.29 is 9.47 Å². The minimum absolute atomic E-state index is 0.385. The highest BCUT2D eigenvalue weighted by atomic mass is 16.5. The lowest BCUT2D eigenvalue weighted by Crippen LogP contribution is -2.25. The zero-order chi connectivity index (χ0) is 13.4. The summed E-state index contributed by atoms with van der Waals surface area (Å²) in [4.78, 5) is 6.34. The number of ether oxygens (including phenoxy) is 2. The van der Waals surface area contributed by atoms with Gasteiger partial charge in [-0.15, -0.1) is 0 Å². The maximum absolute atomic E-state index is 8.80. The maximum Gasteiger partial charge on any atom is 0.183 e. The molecule has 0 atom stereocenters. The number of nitriles is 1. The number of aromatic nitrogens is 1. The van der Waals surface area contributed by atoms with Crippen molar-refractivity contribution in [2.24, 2.45) is 0 Å². The van der Waals surface area contributed by atoms with Crippen molar-refractivity contribution in [3.8, 4) is 17.6 Å². The van der Waals surface area contributed by atoms with Crippen LogP contribution >= 0.6 is 0 Å². The molecule has 1 rings (SSSR count). The monoisotopic (exact) mass is 249 g/mol. The highest BCUT2D eigenvalue weighted by molar-refractivity contribution is 5.42. The fourth-order valence-corrected chi connectivity index (χ4v) is 1.81. The molecule has 0 saturated carbocycles. The lowest BCUT2D eigenvalue weighted by molar-refractivity contribution is 0.283. The van der Waals surface area contributed by atoms with Crippen LogP contribution in [-0.2, 0) is 6.54 Å². The number of pyridine rings is 1. The normalized spacial score (nSPS) is 10.2. The van der Waals surface area contributed by atoms with Crippen molar-refractivity contribution in [1.82, 2.24) is 9.88 Å². The largest absolute Gasteiger partial charge is 0.493 e. The molecule has 18 heavy (non-hydrogen) atoms. The fraction of sp³-hybridized carbons (Fsp3) is 0.538. The van der Waals surface area contributed by atoms with Crippen LogP contribution in [0.5, 0.6) is 11.5 Å². The number of methoxy groups -OCH3 is 2. The van der Waals surface area contributed by atoms with E-state index in [1.54, 1.807) is 26.5 Å². The summed E-state index contributed by atoms with van der Waals surface area (Å²) in [7, 11) is 3.19. The van der Waals surface area contributed by atoms with Gasteiger partial charge in [-0.3, -0.25) is 9.88 Å². The topological polar surface area (TPSA) is 58.4 Å². The van der Waals surface area contributed by atoms with Gasteiger partial charge >= 0.3 is 0 Å². The molecule has 5 heteroatoms. The first-order valence-corrected chi connectivity index (χ1v) is 5.92. The highest BCUT2D eigenvalue weighted by Crippen LogP contribution is 2.29. The van der Waals surface area contributed by atoms with E-state index in [0.717, 1.165) is 18.7 Å². The number of rotatable bonds is 7. The lowest BCUT2D eigenvalue weighted by atomic mass is 10.2. The molecule has 0 spiro atoms. The maximum atomic E-state index is 8.80. The molecular weight excluding hydrogens is 230 g/mol. The van der Waals surface area contributed by atoms with Crippen LogP contribution in [0.25, 0.3) is 0 Å². The molecule has 1 aromatic heterocycles. The molecule has 0 fully saturated rings. The number of hydrogen-bond acceptors (Lipinski definition) is 5. The predicted octanol–water partition coefficient (Wildman–Crippen LogP) is 1.83. The molecule has 0 bridgehead atoms. The minimum atomic E-state index is 0.385. The molecule has 0 amide bonds. The summed E-state index contributed by atoms with van der Waals surface area (Å²) >= 11 is 0. The van der Waals surface area contributed by atoms with Crippen molar-refractivity contribution in [1.29, 1.82) is 5.26 Å². The van der Waals surface area contributed by atoms with E-state index < -0.39 is 0 Å².